The lowest BCUT2D eigenvalue weighted by Gasteiger charge is -2.34. The van der Waals surface area contributed by atoms with Crippen LogP contribution >= 0.6 is 0 Å². The van der Waals surface area contributed by atoms with Gasteiger partial charge in [-0.25, -0.2) is 4.98 Å². The van der Waals surface area contributed by atoms with E-state index in [4.69, 9.17) is 0 Å². The van der Waals surface area contributed by atoms with E-state index in [1.54, 1.807) is 0 Å². The molecule has 1 aliphatic heterocycles. The molecule has 2 heterocycles. The molecule has 4 nitrogen and oxygen atoms in total. The van der Waals surface area contributed by atoms with Crippen LogP contribution < -0.4 is 10.2 Å². The number of anilines is 1. The highest BCUT2D eigenvalue weighted by Gasteiger charge is 2.16. The summed E-state index contributed by atoms with van der Waals surface area (Å²) in [7, 11) is 1.97. The number of pyridine rings is 1. The molecule has 1 atom stereocenters. The summed E-state index contributed by atoms with van der Waals surface area (Å²) in [5.41, 5.74) is 1.24. The second-order valence-electron chi connectivity index (χ2n) is 4.88. The van der Waals surface area contributed by atoms with Crippen molar-refractivity contribution in [1.82, 2.24) is 15.2 Å². The third-order valence-corrected chi connectivity index (χ3v) is 3.85. The van der Waals surface area contributed by atoms with Gasteiger partial charge in [-0.3, -0.25) is 0 Å². The van der Waals surface area contributed by atoms with Crippen LogP contribution in [0.15, 0.2) is 18.3 Å². The number of rotatable bonds is 4. The van der Waals surface area contributed by atoms with Gasteiger partial charge in [-0.15, -0.1) is 0 Å². The second-order valence-corrected chi connectivity index (χ2v) is 4.88. The second kappa shape index (κ2) is 6.16. The molecule has 18 heavy (non-hydrogen) atoms. The Morgan fingerprint density at radius 3 is 2.50 bits per heavy atom. The molecule has 1 N–H and O–H groups in total. The molecule has 1 aliphatic rings. The van der Waals surface area contributed by atoms with Crippen LogP contribution in [0.3, 0.4) is 0 Å². The van der Waals surface area contributed by atoms with E-state index in [1.807, 2.05) is 13.2 Å². The maximum Gasteiger partial charge on any atom is 0.128 e. The van der Waals surface area contributed by atoms with Gasteiger partial charge in [0.1, 0.15) is 5.82 Å². The van der Waals surface area contributed by atoms with Crippen LogP contribution in [0.2, 0.25) is 0 Å². The van der Waals surface area contributed by atoms with Crippen molar-refractivity contribution in [1.29, 1.82) is 0 Å². The van der Waals surface area contributed by atoms with Gasteiger partial charge in [-0.1, -0.05) is 13.0 Å². The van der Waals surface area contributed by atoms with Crippen LogP contribution in [0.25, 0.3) is 0 Å². The lowest BCUT2D eigenvalue weighted by atomic mass is 10.1. The zero-order chi connectivity index (χ0) is 13.0. The summed E-state index contributed by atoms with van der Waals surface area (Å²) in [5, 5.41) is 3.23. The largest absolute Gasteiger partial charge is 0.354 e. The average molecular weight is 248 g/mol. The zero-order valence-corrected chi connectivity index (χ0v) is 11.7. The van der Waals surface area contributed by atoms with Gasteiger partial charge in [0.05, 0.1) is 0 Å². The van der Waals surface area contributed by atoms with Crippen molar-refractivity contribution in [2.75, 3.05) is 44.7 Å². The van der Waals surface area contributed by atoms with E-state index in [1.165, 1.54) is 5.56 Å². The van der Waals surface area contributed by atoms with Crippen molar-refractivity contribution < 1.29 is 0 Å². The quantitative estimate of drug-likeness (QED) is 0.875. The van der Waals surface area contributed by atoms with Gasteiger partial charge >= 0.3 is 0 Å². The maximum absolute atomic E-state index is 4.59. The van der Waals surface area contributed by atoms with E-state index in [0.29, 0.717) is 6.04 Å². The summed E-state index contributed by atoms with van der Waals surface area (Å²) < 4.78 is 0. The minimum Gasteiger partial charge on any atom is -0.354 e. The number of hydrogen-bond acceptors (Lipinski definition) is 4. The van der Waals surface area contributed by atoms with Crippen LogP contribution in [0, 0.1) is 0 Å². The lowest BCUT2D eigenvalue weighted by molar-refractivity contribution is 0.270. The maximum atomic E-state index is 4.59. The molecule has 0 amide bonds. The fourth-order valence-corrected chi connectivity index (χ4v) is 2.30. The first kappa shape index (κ1) is 13.3. The molecule has 1 unspecified atom stereocenters. The fraction of sp³-hybridized carbons (Fsp3) is 0.643. The van der Waals surface area contributed by atoms with Crippen LogP contribution in [-0.4, -0.2) is 49.7 Å². The van der Waals surface area contributed by atoms with Gasteiger partial charge in [0, 0.05) is 38.4 Å². The van der Waals surface area contributed by atoms with Crippen molar-refractivity contribution >= 4 is 5.82 Å². The molecular weight excluding hydrogens is 224 g/mol. The van der Waals surface area contributed by atoms with Crippen molar-refractivity contribution in [2.24, 2.45) is 0 Å². The van der Waals surface area contributed by atoms with Gasteiger partial charge < -0.3 is 15.1 Å². The summed E-state index contributed by atoms with van der Waals surface area (Å²) in [4.78, 5) is 9.44. The summed E-state index contributed by atoms with van der Waals surface area (Å²) in [5.74, 6) is 1.11. The number of aromatic nitrogens is 1. The van der Waals surface area contributed by atoms with Gasteiger partial charge in [0.25, 0.3) is 0 Å². The number of likely N-dealkylation sites (N-methyl/N-ethyl adjacent to an activating group) is 1. The molecule has 0 bridgehead atoms. The standard InChI is InChI=1S/C14H24N4/c1-4-17-7-9-18(10-8-17)14-6-5-13(11-16-14)12(2)15-3/h5-6,11-12,15H,4,7-10H2,1-3H3. The normalized spacial score (nSPS) is 18.9. The highest BCUT2D eigenvalue weighted by Crippen LogP contribution is 2.17. The van der Waals surface area contributed by atoms with Crippen LogP contribution in [0.5, 0.6) is 0 Å². The Bertz CT molecular complexity index is 355. The van der Waals surface area contributed by atoms with E-state index >= 15 is 0 Å². The van der Waals surface area contributed by atoms with Gasteiger partial charge in [0.2, 0.25) is 0 Å². The van der Waals surface area contributed by atoms with E-state index in [0.717, 1.165) is 38.5 Å². The third-order valence-electron chi connectivity index (χ3n) is 3.85. The molecule has 0 aromatic carbocycles. The van der Waals surface area contributed by atoms with Crippen molar-refractivity contribution in [3.8, 4) is 0 Å². The summed E-state index contributed by atoms with van der Waals surface area (Å²) in [6, 6.07) is 4.68. The predicted octanol–water partition coefficient (Wildman–Crippen LogP) is 1.50. The summed E-state index contributed by atoms with van der Waals surface area (Å²) >= 11 is 0. The molecule has 0 spiro atoms. The number of piperazine rings is 1. The fourth-order valence-electron chi connectivity index (χ4n) is 2.30. The van der Waals surface area contributed by atoms with Crippen molar-refractivity contribution in [2.45, 2.75) is 19.9 Å². The molecule has 0 aliphatic carbocycles. The Labute approximate surface area is 110 Å². The van der Waals surface area contributed by atoms with E-state index in [9.17, 15) is 0 Å². The Kier molecular flexibility index (Phi) is 4.55. The molecule has 2 rings (SSSR count). The molecule has 4 heteroatoms. The number of nitrogens with zero attached hydrogens (tertiary/aromatic N) is 3. The summed E-state index contributed by atoms with van der Waals surface area (Å²) in [6.07, 6.45) is 1.99. The van der Waals surface area contributed by atoms with Crippen molar-refractivity contribution in [3.05, 3.63) is 23.9 Å². The molecular formula is C14H24N4. The van der Waals surface area contributed by atoms with Gasteiger partial charge in [-0.05, 0) is 32.1 Å². The Morgan fingerprint density at radius 1 is 1.28 bits per heavy atom. The van der Waals surface area contributed by atoms with Crippen LogP contribution in [0.4, 0.5) is 5.82 Å². The number of hydrogen-bond donors (Lipinski definition) is 1. The zero-order valence-electron chi connectivity index (χ0n) is 11.7. The molecule has 1 aromatic heterocycles. The molecule has 1 aromatic rings. The minimum atomic E-state index is 0.364. The molecule has 1 fully saturated rings. The van der Waals surface area contributed by atoms with Crippen LogP contribution in [-0.2, 0) is 0 Å². The molecule has 0 saturated carbocycles. The van der Waals surface area contributed by atoms with E-state index < -0.39 is 0 Å². The van der Waals surface area contributed by atoms with Gasteiger partial charge in [0.15, 0.2) is 0 Å². The van der Waals surface area contributed by atoms with Crippen molar-refractivity contribution in [3.63, 3.8) is 0 Å². The molecule has 100 valence electrons. The highest BCUT2D eigenvalue weighted by molar-refractivity contribution is 5.40. The third kappa shape index (κ3) is 3.00. The topological polar surface area (TPSA) is 31.4 Å². The van der Waals surface area contributed by atoms with E-state index in [-0.39, 0.29) is 0 Å². The Hall–Kier alpha value is -1.13. The molecule has 0 radical (unpaired) electrons. The first-order valence-corrected chi connectivity index (χ1v) is 6.85. The average Bonchev–Trinajstić information content (AvgIpc) is 2.47. The summed E-state index contributed by atoms with van der Waals surface area (Å²) in [6.45, 7) is 9.99. The van der Waals surface area contributed by atoms with E-state index in [2.05, 4.69) is 46.1 Å². The SMILES string of the molecule is CCN1CCN(c2ccc(C(C)NC)cn2)CC1. The molecule has 1 saturated heterocycles. The smallest absolute Gasteiger partial charge is 0.128 e. The van der Waals surface area contributed by atoms with Crippen LogP contribution in [0.1, 0.15) is 25.5 Å². The first-order chi connectivity index (χ1) is 8.74. The minimum absolute atomic E-state index is 0.364. The van der Waals surface area contributed by atoms with Gasteiger partial charge in [-0.2, -0.15) is 0 Å². The predicted molar refractivity (Wildman–Crippen MR) is 76.0 cm³/mol. The monoisotopic (exact) mass is 248 g/mol. The first-order valence-electron chi connectivity index (χ1n) is 6.85. The highest BCUT2D eigenvalue weighted by atomic mass is 15.3. The Morgan fingerprint density at radius 2 is 2.00 bits per heavy atom. The Balaban J connectivity index is 1.98. The lowest BCUT2D eigenvalue weighted by Crippen LogP contribution is -2.46. The number of nitrogens with one attached hydrogen (secondary N) is 1.